The Balaban J connectivity index is 1.73. The topological polar surface area (TPSA) is 103 Å². The molecule has 8 nitrogen and oxygen atoms in total. The van der Waals surface area contributed by atoms with E-state index in [4.69, 9.17) is 4.74 Å². The Morgan fingerprint density at radius 2 is 1.96 bits per heavy atom. The summed E-state index contributed by atoms with van der Waals surface area (Å²) < 4.78 is 6.01. The number of fused-ring (bicyclic) bond motifs is 3. The van der Waals surface area contributed by atoms with E-state index in [0.717, 1.165) is 11.3 Å². The normalized spacial score (nSPS) is 15.1. The van der Waals surface area contributed by atoms with Crippen molar-refractivity contribution in [2.75, 3.05) is 11.6 Å². The lowest BCUT2D eigenvalue weighted by Gasteiger charge is -2.15. The highest BCUT2D eigenvalue weighted by molar-refractivity contribution is 7.98. The molecular formula is C19H15N5O3S. The van der Waals surface area contributed by atoms with Crippen molar-refractivity contribution < 1.29 is 9.66 Å². The standard InChI is InChI=1S/C19H15N5O3S/c1-28-19-21-18-17(22-23-19)13-7-3-4-8-14(13)20-16(27-18)11-10-12-6-2-5-9-15(12)24(25)26/h2-11,16,20H,1H3/b11-10+/t16-/m1/s1. The van der Waals surface area contributed by atoms with E-state index in [1.807, 2.05) is 30.5 Å². The Labute approximate surface area is 164 Å². The van der Waals surface area contributed by atoms with Crippen LogP contribution in [-0.2, 0) is 0 Å². The lowest BCUT2D eigenvalue weighted by molar-refractivity contribution is -0.385. The second-order valence-corrected chi connectivity index (χ2v) is 6.63. The van der Waals surface area contributed by atoms with Crippen molar-refractivity contribution >= 4 is 29.2 Å². The third-order valence-corrected chi connectivity index (χ3v) is 4.66. The van der Waals surface area contributed by atoms with E-state index in [1.54, 1.807) is 30.4 Å². The van der Waals surface area contributed by atoms with Crippen LogP contribution in [0.4, 0.5) is 11.4 Å². The van der Waals surface area contributed by atoms with Gasteiger partial charge in [-0.3, -0.25) is 10.1 Å². The number of para-hydroxylation sites is 2. The van der Waals surface area contributed by atoms with Gasteiger partial charge in [0, 0.05) is 17.3 Å². The Bertz CT molecular complexity index is 1070. The summed E-state index contributed by atoms with van der Waals surface area (Å²) in [4.78, 5) is 15.2. The largest absolute Gasteiger partial charge is 0.448 e. The maximum absolute atomic E-state index is 11.2. The molecule has 9 heteroatoms. The average Bonchev–Trinajstić information content (AvgIpc) is 2.88. The molecule has 140 valence electrons. The number of nitro benzene ring substituents is 1. The summed E-state index contributed by atoms with van der Waals surface area (Å²) in [6.07, 6.45) is 4.65. The Hall–Kier alpha value is -3.46. The van der Waals surface area contributed by atoms with Crippen LogP contribution < -0.4 is 10.1 Å². The first-order valence-corrected chi connectivity index (χ1v) is 9.61. The summed E-state index contributed by atoms with van der Waals surface area (Å²) in [5, 5.41) is 23.4. The van der Waals surface area contributed by atoms with Crippen LogP contribution in [0, 0.1) is 10.1 Å². The summed E-state index contributed by atoms with van der Waals surface area (Å²) >= 11 is 1.37. The van der Waals surface area contributed by atoms with Gasteiger partial charge in [-0.25, -0.2) is 0 Å². The van der Waals surface area contributed by atoms with Gasteiger partial charge in [0.2, 0.25) is 11.0 Å². The predicted octanol–water partition coefficient (Wildman–Crippen LogP) is 4.01. The summed E-state index contributed by atoms with van der Waals surface area (Å²) in [6, 6.07) is 14.2. The van der Waals surface area contributed by atoms with Gasteiger partial charge in [0.15, 0.2) is 11.9 Å². The van der Waals surface area contributed by atoms with E-state index in [9.17, 15) is 10.1 Å². The average molecular weight is 393 g/mol. The number of hydrogen-bond acceptors (Lipinski definition) is 8. The smallest absolute Gasteiger partial charge is 0.276 e. The molecule has 0 radical (unpaired) electrons. The van der Waals surface area contributed by atoms with Gasteiger partial charge in [0.25, 0.3) is 5.69 Å². The van der Waals surface area contributed by atoms with Gasteiger partial charge in [0.05, 0.1) is 10.5 Å². The molecule has 1 aromatic heterocycles. The molecule has 1 atom stereocenters. The van der Waals surface area contributed by atoms with E-state index >= 15 is 0 Å². The number of aromatic nitrogens is 3. The number of ether oxygens (including phenoxy) is 1. The number of benzene rings is 2. The number of thioether (sulfide) groups is 1. The van der Waals surface area contributed by atoms with Crippen LogP contribution in [0.1, 0.15) is 5.56 Å². The first-order chi connectivity index (χ1) is 13.7. The zero-order chi connectivity index (χ0) is 19.5. The minimum Gasteiger partial charge on any atom is -0.448 e. The summed E-state index contributed by atoms with van der Waals surface area (Å²) in [5.41, 5.74) is 2.70. The highest BCUT2D eigenvalue weighted by Gasteiger charge is 2.23. The van der Waals surface area contributed by atoms with Crippen LogP contribution in [0.15, 0.2) is 59.8 Å². The molecule has 4 rings (SSSR count). The van der Waals surface area contributed by atoms with Gasteiger partial charge >= 0.3 is 0 Å². The maximum Gasteiger partial charge on any atom is 0.276 e. The Kier molecular flexibility index (Phi) is 4.90. The highest BCUT2D eigenvalue weighted by Crippen LogP contribution is 2.36. The molecule has 1 aliphatic rings. The lowest BCUT2D eigenvalue weighted by Crippen LogP contribution is -2.23. The molecule has 0 aliphatic carbocycles. The van der Waals surface area contributed by atoms with Crippen LogP contribution in [0.5, 0.6) is 5.88 Å². The van der Waals surface area contributed by atoms with Crippen LogP contribution in [-0.4, -0.2) is 32.6 Å². The van der Waals surface area contributed by atoms with Crippen LogP contribution in [0.25, 0.3) is 17.3 Å². The fourth-order valence-electron chi connectivity index (χ4n) is 2.83. The van der Waals surface area contributed by atoms with E-state index in [2.05, 4.69) is 20.5 Å². The highest BCUT2D eigenvalue weighted by atomic mass is 32.2. The van der Waals surface area contributed by atoms with Gasteiger partial charge in [-0.2, -0.15) is 4.98 Å². The lowest BCUT2D eigenvalue weighted by atomic mass is 10.1. The van der Waals surface area contributed by atoms with Crippen molar-refractivity contribution in [3.63, 3.8) is 0 Å². The number of hydrogen-bond donors (Lipinski definition) is 1. The second-order valence-electron chi connectivity index (χ2n) is 5.86. The summed E-state index contributed by atoms with van der Waals surface area (Å²) in [6.45, 7) is 0. The number of nitro groups is 1. The van der Waals surface area contributed by atoms with Crippen molar-refractivity contribution in [1.82, 2.24) is 15.2 Å². The molecule has 0 spiro atoms. The quantitative estimate of drug-likeness (QED) is 0.403. The van der Waals surface area contributed by atoms with Crippen molar-refractivity contribution in [3.8, 4) is 17.1 Å². The Morgan fingerprint density at radius 3 is 2.79 bits per heavy atom. The Morgan fingerprint density at radius 1 is 1.18 bits per heavy atom. The predicted molar refractivity (Wildman–Crippen MR) is 107 cm³/mol. The van der Waals surface area contributed by atoms with E-state index < -0.39 is 11.2 Å². The molecule has 0 fully saturated rings. The van der Waals surface area contributed by atoms with Crippen molar-refractivity contribution in [3.05, 3.63) is 70.3 Å². The van der Waals surface area contributed by atoms with Crippen molar-refractivity contribution in [2.45, 2.75) is 11.4 Å². The molecule has 2 aromatic carbocycles. The number of nitrogens with one attached hydrogen (secondary N) is 1. The molecule has 0 saturated heterocycles. The molecular weight excluding hydrogens is 378 g/mol. The van der Waals surface area contributed by atoms with E-state index in [0.29, 0.717) is 22.3 Å². The second kappa shape index (κ2) is 7.65. The van der Waals surface area contributed by atoms with Gasteiger partial charge in [-0.1, -0.05) is 42.1 Å². The molecule has 28 heavy (non-hydrogen) atoms. The van der Waals surface area contributed by atoms with Gasteiger partial charge in [0.1, 0.15) is 0 Å². The van der Waals surface area contributed by atoms with E-state index in [-0.39, 0.29) is 5.69 Å². The molecule has 1 N–H and O–H groups in total. The minimum atomic E-state index is -0.589. The molecule has 1 aliphatic heterocycles. The van der Waals surface area contributed by atoms with E-state index in [1.165, 1.54) is 17.8 Å². The van der Waals surface area contributed by atoms with Crippen LogP contribution >= 0.6 is 11.8 Å². The van der Waals surface area contributed by atoms with Gasteiger partial charge in [-0.05, 0) is 30.5 Å². The van der Waals surface area contributed by atoms with Crippen molar-refractivity contribution in [2.24, 2.45) is 0 Å². The third-order valence-electron chi connectivity index (χ3n) is 4.12. The third kappa shape index (κ3) is 3.52. The minimum absolute atomic E-state index is 0.0295. The number of nitrogens with zero attached hydrogens (tertiary/aromatic N) is 4. The fraction of sp³-hybridized carbons (Fsp3) is 0.105. The monoisotopic (exact) mass is 393 g/mol. The number of anilines is 1. The van der Waals surface area contributed by atoms with Gasteiger partial charge < -0.3 is 10.1 Å². The molecule has 0 saturated carbocycles. The zero-order valence-electron chi connectivity index (χ0n) is 14.8. The first-order valence-electron chi connectivity index (χ1n) is 8.38. The maximum atomic E-state index is 11.2. The molecule has 2 heterocycles. The zero-order valence-corrected chi connectivity index (χ0v) is 15.6. The number of rotatable bonds is 4. The van der Waals surface area contributed by atoms with Crippen LogP contribution in [0.3, 0.4) is 0 Å². The fourth-order valence-corrected chi connectivity index (χ4v) is 3.12. The first kappa shape index (κ1) is 17.9. The van der Waals surface area contributed by atoms with Gasteiger partial charge in [-0.15, -0.1) is 10.2 Å². The van der Waals surface area contributed by atoms with Crippen LogP contribution in [0.2, 0.25) is 0 Å². The molecule has 0 bridgehead atoms. The van der Waals surface area contributed by atoms with Crippen molar-refractivity contribution in [1.29, 1.82) is 0 Å². The SMILES string of the molecule is CSc1nnc2c(n1)O[C@H](/C=C/c1ccccc1[N+](=O)[O-])Nc1ccccc1-2. The molecule has 0 amide bonds. The summed E-state index contributed by atoms with van der Waals surface area (Å²) in [7, 11) is 0. The summed E-state index contributed by atoms with van der Waals surface area (Å²) in [5.74, 6) is 0.356. The molecule has 0 unspecified atom stereocenters. The molecule has 3 aromatic rings.